The molecule has 3 heteroatoms. The van der Waals surface area contributed by atoms with Gasteiger partial charge in [-0.05, 0) is 0 Å². The first-order valence-electron chi connectivity index (χ1n) is 4.53. The number of fused-ring (bicyclic) bond motifs is 1. The second kappa shape index (κ2) is 5.48. The molecule has 0 atom stereocenters. The van der Waals surface area contributed by atoms with Crippen LogP contribution in [0, 0.1) is 13.0 Å². The van der Waals surface area contributed by atoms with Gasteiger partial charge < -0.3 is 0 Å². The van der Waals surface area contributed by atoms with Crippen molar-refractivity contribution in [1.29, 1.82) is 0 Å². The first kappa shape index (κ1) is 12.5. The Bertz CT molecular complexity index is 492. The van der Waals surface area contributed by atoms with Crippen molar-refractivity contribution >= 4 is 16.5 Å². The smallest absolute Gasteiger partial charge is 0.0491 e. The molecule has 2 aromatic rings. The molecule has 0 saturated heterocycles. The van der Waals surface area contributed by atoms with Gasteiger partial charge in [-0.25, -0.2) is 0 Å². The SMILES string of the molecule is CN=Nc1[c-]c2c(C)cccc2cc1.[Y]. The van der Waals surface area contributed by atoms with Gasteiger partial charge >= 0.3 is 0 Å². The van der Waals surface area contributed by atoms with Crippen molar-refractivity contribution in [2.45, 2.75) is 6.92 Å². The van der Waals surface area contributed by atoms with Gasteiger partial charge in [0.15, 0.2) is 0 Å². The van der Waals surface area contributed by atoms with Crippen LogP contribution in [-0.2, 0) is 32.7 Å². The zero-order valence-electron chi connectivity index (χ0n) is 8.86. The summed E-state index contributed by atoms with van der Waals surface area (Å²) < 4.78 is 0. The third kappa shape index (κ3) is 2.70. The molecule has 0 aliphatic rings. The van der Waals surface area contributed by atoms with Crippen LogP contribution in [0.5, 0.6) is 0 Å². The fraction of sp³-hybridized carbons (Fsp3) is 0.167. The average Bonchev–Trinajstić information content (AvgIpc) is 2.20. The van der Waals surface area contributed by atoms with Gasteiger partial charge in [0.25, 0.3) is 0 Å². The molecule has 0 heterocycles. The van der Waals surface area contributed by atoms with Gasteiger partial charge in [0.1, 0.15) is 0 Å². The summed E-state index contributed by atoms with van der Waals surface area (Å²) in [6.45, 7) is 2.08. The Balaban J connectivity index is 0.00000112. The Kier molecular flexibility index (Phi) is 4.55. The van der Waals surface area contributed by atoms with E-state index < -0.39 is 0 Å². The molecule has 1 radical (unpaired) electrons. The summed E-state index contributed by atoms with van der Waals surface area (Å²) in [7, 11) is 1.66. The maximum Gasteiger partial charge on any atom is 0.0491 e. The second-order valence-electron chi connectivity index (χ2n) is 3.18. The zero-order valence-corrected chi connectivity index (χ0v) is 11.7. The Morgan fingerprint density at radius 3 is 2.67 bits per heavy atom. The van der Waals surface area contributed by atoms with Crippen molar-refractivity contribution in [2.24, 2.45) is 10.2 Å². The van der Waals surface area contributed by atoms with Crippen LogP contribution in [0.4, 0.5) is 5.69 Å². The predicted molar refractivity (Wildman–Crippen MR) is 58.0 cm³/mol. The third-order valence-corrected chi connectivity index (χ3v) is 2.19. The van der Waals surface area contributed by atoms with Crippen LogP contribution >= 0.6 is 0 Å². The first-order valence-corrected chi connectivity index (χ1v) is 4.53. The van der Waals surface area contributed by atoms with Gasteiger partial charge in [-0.2, -0.15) is 10.2 Å². The number of azo groups is 1. The molecular weight excluding hydrogens is 261 g/mol. The van der Waals surface area contributed by atoms with Gasteiger partial charge in [0.05, 0.1) is 0 Å². The maximum atomic E-state index is 3.97. The molecule has 2 rings (SSSR count). The monoisotopic (exact) mass is 272 g/mol. The number of aryl methyl sites for hydroxylation is 1. The summed E-state index contributed by atoms with van der Waals surface area (Å²) in [5.74, 6) is 0. The zero-order chi connectivity index (χ0) is 9.97. The molecule has 0 unspecified atom stereocenters. The van der Waals surface area contributed by atoms with Crippen molar-refractivity contribution in [2.75, 3.05) is 7.05 Å². The Morgan fingerprint density at radius 2 is 1.93 bits per heavy atom. The van der Waals surface area contributed by atoms with Crippen LogP contribution in [0.2, 0.25) is 0 Å². The van der Waals surface area contributed by atoms with E-state index >= 15 is 0 Å². The topological polar surface area (TPSA) is 24.7 Å². The molecule has 73 valence electrons. The molecule has 0 bridgehead atoms. The van der Waals surface area contributed by atoms with Gasteiger partial charge in [-0.3, -0.25) is 0 Å². The fourth-order valence-electron chi connectivity index (χ4n) is 1.50. The molecule has 0 aliphatic heterocycles. The molecule has 0 saturated carbocycles. The van der Waals surface area contributed by atoms with E-state index in [-0.39, 0.29) is 32.7 Å². The standard InChI is InChI=1S/C12H11N2.Y/c1-9-4-3-5-10-6-7-11(14-13-2)8-12(9)10;/h3-7H,1-2H3;/q-1;. The van der Waals surface area contributed by atoms with Crippen LogP contribution in [-0.4, -0.2) is 7.05 Å². The van der Waals surface area contributed by atoms with Crippen molar-refractivity contribution < 1.29 is 32.7 Å². The quantitative estimate of drug-likeness (QED) is 0.559. The molecule has 0 spiro atoms. The second-order valence-corrected chi connectivity index (χ2v) is 3.18. The van der Waals surface area contributed by atoms with Crippen LogP contribution in [0.3, 0.4) is 0 Å². The van der Waals surface area contributed by atoms with E-state index in [0.29, 0.717) is 0 Å². The van der Waals surface area contributed by atoms with E-state index in [2.05, 4.69) is 35.4 Å². The summed E-state index contributed by atoms with van der Waals surface area (Å²) >= 11 is 0. The minimum Gasteiger partial charge on any atom is -0.194 e. The normalized spacial score (nSPS) is 10.5. The van der Waals surface area contributed by atoms with E-state index in [4.69, 9.17) is 0 Å². The molecule has 0 N–H and O–H groups in total. The van der Waals surface area contributed by atoms with Crippen LogP contribution < -0.4 is 0 Å². The summed E-state index contributed by atoms with van der Waals surface area (Å²) in [5.41, 5.74) is 2.00. The summed E-state index contributed by atoms with van der Waals surface area (Å²) in [5, 5.41) is 10.0. The van der Waals surface area contributed by atoms with E-state index in [1.807, 2.05) is 18.2 Å². The van der Waals surface area contributed by atoms with E-state index in [9.17, 15) is 0 Å². The van der Waals surface area contributed by atoms with Crippen LogP contribution in [0.25, 0.3) is 10.8 Å². The van der Waals surface area contributed by atoms with Crippen molar-refractivity contribution in [1.82, 2.24) is 0 Å². The van der Waals surface area contributed by atoms with E-state index in [1.54, 1.807) is 7.05 Å². The maximum absolute atomic E-state index is 3.97. The molecule has 0 fully saturated rings. The molecule has 2 aromatic carbocycles. The third-order valence-electron chi connectivity index (χ3n) is 2.19. The van der Waals surface area contributed by atoms with Gasteiger partial charge in [0, 0.05) is 45.4 Å². The Labute approximate surface area is 115 Å². The Hall–Kier alpha value is -0.596. The van der Waals surface area contributed by atoms with Gasteiger partial charge in [0.2, 0.25) is 0 Å². The summed E-state index contributed by atoms with van der Waals surface area (Å²) in [6, 6.07) is 13.4. The molecular formula is C12H11N2Y-. The van der Waals surface area contributed by atoms with E-state index in [0.717, 1.165) is 11.1 Å². The number of hydrogen-bond acceptors (Lipinski definition) is 2. The molecule has 0 aromatic heterocycles. The summed E-state index contributed by atoms with van der Waals surface area (Å²) in [6.07, 6.45) is 0. The Morgan fingerprint density at radius 1 is 1.13 bits per heavy atom. The van der Waals surface area contributed by atoms with Gasteiger partial charge in [-0.15, -0.1) is 40.6 Å². The fourth-order valence-corrected chi connectivity index (χ4v) is 1.50. The van der Waals surface area contributed by atoms with Crippen molar-refractivity contribution in [3.8, 4) is 0 Å². The molecule has 0 aliphatic carbocycles. The average molecular weight is 272 g/mol. The number of hydrogen-bond donors (Lipinski definition) is 0. The number of rotatable bonds is 1. The number of benzene rings is 2. The molecule has 15 heavy (non-hydrogen) atoms. The minimum absolute atomic E-state index is 0. The van der Waals surface area contributed by atoms with Crippen LogP contribution in [0.1, 0.15) is 5.56 Å². The first-order chi connectivity index (χ1) is 6.81. The molecule has 0 amide bonds. The van der Waals surface area contributed by atoms with Crippen LogP contribution in [0.15, 0.2) is 40.6 Å². The van der Waals surface area contributed by atoms with Crippen molar-refractivity contribution in [3.05, 3.63) is 42.0 Å². The number of nitrogens with zero attached hydrogens (tertiary/aromatic N) is 2. The van der Waals surface area contributed by atoms with Crippen molar-refractivity contribution in [3.63, 3.8) is 0 Å². The molecule has 2 nitrogen and oxygen atoms in total. The van der Waals surface area contributed by atoms with Gasteiger partial charge in [-0.1, -0.05) is 19.1 Å². The van der Waals surface area contributed by atoms with E-state index in [1.165, 1.54) is 10.9 Å². The predicted octanol–water partition coefficient (Wildman–Crippen LogP) is 3.66. The summed E-state index contributed by atoms with van der Waals surface area (Å²) in [4.78, 5) is 0. The largest absolute Gasteiger partial charge is 0.194 e. The minimum atomic E-state index is 0.